The second-order valence-electron chi connectivity index (χ2n) is 4.74. The molecule has 2 rings (SSSR count). The lowest BCUT2D eigenvalue weighted by Crippen LogP contribution is -2.35. The number of rotatable bonds is 6. The molecule has 6 nitrogen and oxygen atoms in total. The molecular weight excluding hydrogens is 355 g/mol. The Hall–Kier alpha value is -0.860. The van der Waals surface area contributed by atoms with E-state index in [1.807, 2.05) is 4.57 Å². The van der Waals surface area contributed by atoms with E-state index in [0.717, 1.165) is 37.8 Å². The summed E-state index contributed by atoms with van der Waals surface area (Å²) in [4.78, 5) is 4.35. The number of nitrogens with two attached hydrogens (primary N) is 1. The van der Waals surface area contributed by atoms with Gasteiger partial charge >= 0.3 is 0 Å². The summed E-state index contributed by atoms with van der Waals surface area (Å²) in [7, 11) is 0. The number of guanidine groups is 1. The summed E-state index contributed by atoms with van der Waals surface area (Å²) >= 11 is 0. The number of aryl methyl sites for hydroxylation is 1. The van der Waals surface area contributed by atoms with Gasteiger partial charge in [0.1, 0.15) is 12.2 Å². The molecule has 3 N–H and O–H groups in total. The van der Waals surface area contributed by atoms with E-state index in [9.17, 15) is 0 Å². The van der Waals surface area contributed by atoms with Crippen LogP contribution in [0.15, 0.2) is 11.3 Å². The molecule has 0 radical (unpaired) electrons. The number of hydrogen-bond donors (Lipinski definition) is 2. The number of aromatic nitrogens is 3. The Kier molecular flexibility index (Phi) is 7.11. The van der Waals surface area contributed by atoms with Crippen molar-refractivity contribution in [2.45, 2.75) is 39.2 Å². The van der Waals surface area contributed by atoms with Crippen LogP contribution in [-0.4, -0.2) is 33.8 Å². The van der Waals surface area contributed by atoms with Gasteiger partial charge in [-0.05, 0) is 18.8 Å². The predicted octanol–water partition coefficient (Wildman–Crippen LogP) is 1.16. The molecule has 1 aliphatic rings. The highest BCUT2D eigenvalue weighted by molar-refractivity contribution is 14.0. The first-order valence-electron chi connectivity index (χ1n) is 6.70. The molecule has 0 bridgehead atoms. The summed E-state index contributed by atoms with van der Waals surface area (Å²) in [6.45, 7) is 4.51. The van der Waals surface area contributed by atoms with Crippen LogP contribution in [0.5, 0.6) is 0 Å². The zero-order chi connectivity index (χ0) is 12.8. The van der Waals surface area contributed by atoms with Crippen LogP contribution >= 0.6 is 24.0 Å². The van der Waals surface area contributed by atoms with Crippen LogP contribution in [0.1, 0.15) is 32.0 Å². The van der Waals surface area contributed by atoms with E-state index in [0.29, 0.717) is 5.96 Å². The zero-order valence-electron chi connectivity index (χ0n) is 11.4. The SMILES string of the molecule is CCc1nncn1CCNC(N)=NCC1CCC1.I. The fourth-order valence-corrected chi connectivity index (χ4v) is 2.00. The van der Waals surface area contributed by atoms with Gasteiger partial charge in [-0.1, -0.05) is 13.3 Å². The number of nitrogens with one attached hydrogen (secondary N) is 1. The van der Waals surface area contributed by atoms with Gasteiger partial charge in [0.15, 0.2) is 5.96 Å². The lowest BCUT2D eigenvalue weighted by molar-refractivity contribution is 0.326. The maximum atomic E-state index is 5.81. The summed E-state index contributed by atoms with van der Waals surface area (Å²) in [5, 5.41) is 11.1. The van der Waals surface area contributed by atoms with Crippen molar-refractivity contribution < 1.29 is 0 Å². The van der Waals surface area contributed by atoms with Crippen molar-refractivity contribution in [3.63, 3.8) is 0 Å². The Bertz CT molecular complexity index is 399. The van der Waals surface area contributed by atoms with Crippen LogP contribution in [0.2, 0.25) is 0 Å². The first-order chi connectivity index (χ1) is 8.79. The average molecular weight is 378 g/mol. The predicted molar refractivity (Wildman–Crippen MR) is 86.6 cm³/mol. The van der Waals surface area contributed by atoms with Crippen molar-refractivity contribution in [3.8, 4) is 0 Å². The van der Waals surface area contributed by atoms with Crippen LogP contribution in [0.25, 0.3) is 0 Å². The Labute approximate surface area is 131 Å². The topological polar surface area (TPSA) is 81.1 Å². The minimum absolute atomic E-state index is 0. The largest absolute Gasteiger partial charge is 0.370 e. The van der Waals surface area contributed by atoms with Gasteiger partial charge in [0.25, 0.3) is 0 Å². The van der Waals surface area contributed by atoms with Crippen molar-refractivity contribution in [2.24, 2.45) is 16.6 Å². The van der Waals surface area contributed by atoms with E-state index in [4.69, 9.17) is 5.73 Å². The molecule has 19 heavy (non-hydrogen) atoms. The van der Waals surface area contributed by atoms with Crippen LogP contribution < -0.4 is 11.1 Å². The third kappa shape index (κ3) is 4.96. The maximum Gasteiger partial charge on any atom is 0.188 e. The Morgan fingerprint density at radius 3 is 3.00 bits per heavy atom. The molecule has 0 unspecified atom stereocenters. The highest BCUT2D eigenvalue weighted by Gasteiger charge is 2.16. The number of nitrogens with zero attached hydrogens (tertiary/aromatic N) is 4. The highest BCUT2D eigenvalue weighted by atomic mass is 127. The Morgan fingerprint density at radius 2 is 2.37 bits per heavy atom. The van der Waals surface area contributed by atoms with Crippen LogP contribution in [0, 0.1) is 5.92 Å². The average Bonchev–Trinajstić information content (AvgIpc) is 2.74. The molecule has 1 aliphatic carbocycles. The second kappa shape index (κ2) is 8.34. The van der Waals surface area contributed by atoms with Crippen molar-refractivity contribution in [3.05, 3.63) is 12.2 Å². The fourth-order valence-electron chi connectivity index (χ4n) is 2.00. The van der Waals surface area contributed by atoms with Gasteiger partial charge in [0.05, 0.1) is 0 Å². The standard InChI is InChI=1S/C12H22N6.HI/c1-2-11-17-16-9-18(11)7-6-14-12(13)15-8-10-4-3-5-10;/h9-10H,2-8H2,1H3,(H3,13,14,15);1H. The van der Waals surface area contributed by atoms with Crippen LogP contribution in [0.3, 0.4) is 0 Å². The smallest absolute Gasteiger partial charge is 0.188 e. The molecule has 0 aromatic carbocycles. The van der Waals surface area contributed by atoms with Crippen molar-refractivity contribution in [2.75, 3.05) is 13.1 Å². The minimum atomic E-state index is 0. The van der Waals surface area contributed by atoms with Crippen LogP contribution in [0.4, 0.5) is 0 Å². The summed E-state index contributed by atoms with van der Waals surface area (Å²) in [6.07, 6.45) is 6.60. The number of hydrogen-bond acceptors (Lipinski definition) is 3. The van der Waals surface area contributed by atoms with Crippen molar-refractivity contribution >= 4 is 29.9 Å². The molecule has 0 spiro atoms. The summed E-state index contributed by atoms with van der Waals surface area (Å²) in [5.74, 6) is 2.31. The van der Waals surface area contributed by atoms with E-state index in [1.54, 1.807) is 6.33 Å². The molecule has 7 heteroatoms. The molecular formula is C12H23IN6. The van der Waals surface area contributed by atoms with Crippen molar-refractivity contribution in [1.82, 2.24) is 20.1 Å². The van der Waals surface area contributed by atoms with Gasteiger partial charge in [-0.3, -0.25) is 4.99 Å². The normalized spacial score (nSPS) is 15.7. The lowest BCUT2D eigenvalue weighted by Gasteiger charge is -2.23. The van der Waals surface area contributed by atoms with Gasteiger partial charge in [0, 0.05) is 26.1 Å². The Morgan fingerprint density at radius 1 is 1.58 bits per heavy atom. The van der Waals surface area contributed by atoms with Gasteiger partial charge in [-0.25, -0.2) is 0 Å². The molecule has 0 amide bonds. The van der Waals surface area contributed by atoms with Gasteiger partial charge in [-0.2, -0.15) is 0 Å². The monoisotopic (exact) mass is 378 g/mol. The number of aliphatic imine (C=N–C) groups is 1. The summed E-state index contributed by atoms with van der Waals surface area (Å²) < 4.78 is 2.03. The molecule has 0 aliphatic heterocycles. The minimum Gasteiger partial charge on any atom is -0.370 e. The molecule has 1 aromatic heterocycles. The molecule has 1 saturated carbocycles. The molecule has 108 valence electrons. The van der Waals surface area contributed by atoms with Crippen LogP contribution in [-0.2, 0) is 13.0 Å². The summed E-state index contributed by atoms with van der Waals surface area (Å²) in [5.41, 5.74) is 5.81. The highest BCUT2D eigenvalue weighted by Crippen LogP contribution is 2.26. The molecule has 1 aromatic rings. The first-order valence-corrected chi connectivity index (χ1v) is 6.70. The molecule has 0 atom stereocenters. The third-order valence-electron chi connectivity index (χ3n) is 3.42. The molecule has 1 heterocycles. The first kappa shape index (κ1) is 16.2. The van der Waals surface area contributed by atoms with Gasteiger partial charge < -0.3 is 15.6 Å². The Balaban J connectivity index is 0.00000180. The van der Waals surface area contributed by atoms with E-state index < -0.39 is 0 Å². The van der Waals surface area contributed by atoms with E-state index in [1.165, 1.54) is 19.3 Å². The summed E-state index contributed by atoms with van der Waals surface area (Å²) in [6, 6.07) is 0. The molecule has 0 saturated heterocycles. The molecule has 1 fully saturated rings. The van der Waals surface area contributed by atoms with Gasteiger partial charge in [-0.15, -0.1) is 34.2 Å². The third-order valence-corrected chi connectivity index (χ3v) is 3.42. The second-order valence-corrected chi connectivity index (χ2v) is 4.74. The zero-order valence-corrected chi connectivity index (χ0v) is 13.7. The van der Waals surface area contributed by atoms with Crippen molar-refractivity contribution in [1.29, 1.82) is 0 Å². The lowest BCUT2D eigenvalue weighted by atomic mass is 9.86. The number of halogens is 1. The van der Waals surface area contributed by atoms with E-state index in [2.05, 4.69) is 27.4 Å². The maximum absolute atomic E-state index is 5.81. The van der Waals surface area contributed by atoms with Gasteiger partial charge in [0.2, 0.25) is 0 Å². The fraction of sp³-hybridized carbons (Fsp3) is 0.750. The van der Waals surface area contributed by atoms with E-state index in [-0.39, 0.29) is 24.0 Å². The quantitative estimate of drug-likeness (QED) is 0.442. The van der Waals surface area contributed by atoms with E-state index >= 15 is 0 Å².